The molecular formula is C17H17FN4O4S. The summed E-state index contributed by atoms with van der Waals surface area (Å²) in [5.74, 6) is -1.28. The lowest BCUT2D eigenvalue weighted by Crippen LogP contribution is -2.22. The maximum Gasteiger partial charge on any atom is 0.249 e. The number of hydrogen-bond donors (Lipinski definition) is 1. The molecule has 0 aliphatic rings. The summed E-state index contributed by atoms with van der Waals surface area (Å²) in [5.41, 5.74) is 1.63. The third-order valence-electron chi connectivity index (χ3n) is 3.53. The van der Waals surface area contributed by atoms with Crippen LogP contribution in [0.25, 0.3) is 16.8 Å². The van der Waals surface area contributed by atoms with Gasteiger partial charge in [-0.05, 0) is 37.3 Å². The highest BCUT2D eigenvalue weighted by Crippen LogP contribution is 2.31. The Hall–Kier alpha value is -3.01. The van der Waals surface area contributed by atoms with E-state index in [9.17, 15) is 17.6 Å². The molecule has 1 aromatic carbocycles. The standard InChI is InChI=1S/C17H17FN4O4S/c1-3-26-14-6-5-12(18)8-13(14)11-4-7-15-19-17(21-22(15)9-11)20-16(23)10-27(2,24)25/h4-9H,3,10H2,1-2H3,(H,20,21,23). The van der Waals surface area contributed by atoms with Gasteiger partial charge >= 0.3 is 0 Å². The lowest BCUT2D eigenvalue weighted by molar-refractivity contribution is -0.113. The first kappa shape index (κ1) is 18.8. The van der Waals surface area contributed by atoms with Gasteiger partial charge in [-0.1, -0.05) is 0 Å². The van der Waals surface area contributed by atoms with E-state index in [1.54, 1.807) is 24.4 Å². The Kier molecular flexibility index (Phi) is 5.08. The van der Waals surface area contributed by atoms with Crippen LogP contribution in [0.15, 0.2) is 36.5 Å². The summed E-state index contributed by atoms with van der Waals surface area (Å²) < 4.78 is 43.0. The second kappa shape index (κ2) is 7.31. The molecule has 0 fully saturated rings. The van der Waals surface area contributed by atoms with Crippen LogP contribution in [0.1, 0.15) is 6.92 Å². The summed E-state index contributed by atoms with van der Waals surface area (Å²) in [4.78, 5) is 15.8. The molecule has 0 aliphatic carbocycles. The number of nitrogens with one attached hydrogen (secondary N) is 1. The smallest absolute Gasteiger partial charge is 0.249 e. The summed E-state index contributed by atoms with van der Waals surface area (Å²) in [6.45, 7) is 2.26. The molecule has 0 saturated heterocycles. The van der Waals surface area contributed by atoms with Crippen molar-refractivity contribution < 1.29 is 22.3 Å². The Morgan fingerprint density at radius 2 is 2.07 bits per heavy atom. The summed E-state index contributed by atoms with van der Waals surface area (Å²) in [6, 6.07) is 7.60. The molecule has 1 amide bonds. The average Bonchev–Trinajstić information content (AvgIpc) is 2.95. The number of ether oxygens (including phenoxy) is 1. The van der Waals surface area contributed by atoms with Crippen molar-refractivity contribution in [2.75, 3.05) is 23.9 Å². The number of sulfone groups is 1. The molecule has 0 saturated carbocycles. The van der Waals surface area contributed by atoms with Crippen molar-refractivity contribution in [2.45, 2.75) is 6.92 Å². The van der Waals surface area contributed by atoms with Gasteiger partial charge in [0.15, 0.2) is 15.5 Å². The fraction of sp³-hybridized carbons (Fsp3) is 0.235. The number of fused-ring (bicyclic) bond motifs is 1. The van der Waals surface area contributed by atoms with Crippen molar-refractivity contribution >= 4 is 27.3 Å². The molecule has 142 valence electrons. The maximum atomic E-state index is 13.7. The number of benzene rings is 1. The number of nitrogens with zero attached hydrogens (tertiary/aromatic N) is 3. The zero-order chi connectivity index (χ0) is 19.6. The van der Waals surface area contributed by atoms with E-state index in [1.807, 2.05) is 6.92 Å². The lowest BCUT2D eigenvalue weighted by Gasteiger charge is -2.10. The predicted octanol–water partition coefficient (Wildman–Crippen LogP) is 1.92. The highest BCUT2D eigenvalue weighted by molar-refractivity contribution is 7.91. The van der Waals surface area contributed by atoms with Crippen LogP contribution >= 0.6 is 0 Å². The third kappa shape index (κ3) is 4.59. The van der Waals surface area contributed by atoms with Crippen molar-refractivity contribution in [2.24, 2.45) is 0 Å². The van der Waals surface area contributed by atoms with Crippen LogP contribution in [0.3, 0.4) is 0 Å². The van der Waals surface area contributed by atoms with Crippen LogP contribution in [0, 0.1) is 5.82 Å². The number of carbonyl (C=O) groups is 1. The summed E-state index contributed by atoms with van der Waals surface area (Å²) >= 11 is 0. The Balaban J connectivity index is 1.93. The molecule has 0 radical (unpaired) electrons. The van der Waals surface area contributed by atoms with Crippen LogP contribution in [0.4, 0.5) is 10.3 Å². The highest BCUT2D eigenvalue weighted by atomic mass is 32.2. The van der Waals surface area contributed by atoms with Gasteiger partial charge in [-0.25, -0.2) is 17.3 Å². The first-order valence-corrected chi connectivity index (χ1v) is 10.1. The summed E-state index contributed by atoms with van der Waals surface area (Å²) in [5, 5.41) is 6.45. The molecule has 0 spiro atoms. The number of rotatable bonds is 6. The molecule has 1 N–H and O–H groups in total. The predicted molar refractivity (Wildman–Crippen MR) is 97.9 cm³/mol. The SMILES string of the molecule is CCOc1ccc(F)cc1-c1ccc2nc(NC(=O)CS(C)(=O)=O)nn2c1. The number of halogens is 1. The fourth-order valence-corrected chi connectivity index (χ4v) is 3.05. The van der Waals surface area contributed by atoms with E-state index in [-0.39, 0.29) is 5.95 Å². The molecule has 3 aromatic rings. The molecule has 2 aromatic heterocycles. The van der Waals surface area contributed by atoms with Crippen molar-refractivity contribution in [3.63, 3.8) is 0 Å². The van der Waals surface area contributed by atoms with Gasteiger partial charge in [-0.2, -0.15) is 4.98 Å². The fourth-order valence-electron chi connectivity index (χ4n) is 2.50. The monoisotopic (exact) mass is 392 g/mol. The first-order valence-electron chi connectivity index (χ1n) is 8.02. The maximum absolute atomic E-state index is 13.7. The minimum absolute atomic E-state index is 0.0231. The van der Waals surface area contributed by atoms with Crippen LogP contribution in [0.2, 0.25) is 0 Å². The number of aromatic nitrogens is 3. The van der Waals surface area contributed by atoms with Gasteiger partial charge in [-0.15, -0.1) is 5.10 Å². The molecule has 0 bridgehead atoms. The van der Waals surface area contributed by atoms with Crippen LogP contribution in [-0.4, -0.2) is 47.5 Å². The van der Waals surface area contributed by atoms with Crippen molar-refractivity contribution in [3.05, 3.63) is 42.3 Å². The molecule has 8 nitrogen and oxygen atoms in total. The molecule has 2 heterocycles. The minimum atomic E-state index is -3.45. The molecule has 27 heavy (non-hydrogen) atoms. The molecule has 3 rings (SSSR count). The van der Waals surface area contributed by atoms with Gasteiger partial charge < -0.3 is 4.74 Å². The van der Waals surface area contributed by atoms with Crippen LogP contribution in [-0.2, 0) is 14.6 Å². The first-order chi connectivity index (χ1) is 12.7. The van der Waals surface area contributed by atoms with Crippen molar-refractivity contribution in [1.82, 2.24) is 14.6 Å². The molecule has 10 heteroatoms. The number of pyridine rings is 1. The van der Waals surface area contributed by atoms with E-state index in [4.69, 9.17) is 4.74 Å². The minimum Gasteiger partial charge on any atom is -0.493 e. The Morgan fingerprint density at radius 3 is 2.78 bits per heavy atom. The quantitative estimate of drug-likeness (QED) is 0.688. The van der Waals surface area contributed by atoms with Crippen molar-refractivity contribution in [1.29, 1.82) is 0 Å². The largest absolute Gasteiger partial charge is 0.493 e. The zero-order valence-corrected chi connectivity index (χ0v) is 15.5. The van der Waals surface area contributed by atoms with Gasteiger partial charge in [0.1, 0.15) is 17.3 Å². The Morgan fingerprint density at radius 1 is 1.30 bits per heavy atom. The van der Waals surface area contributed by atoms with Crippen LogP contribution < -0.4 is 10.1 Å². The van der Waals surface area contributed by atoms with Gasteiger partial charge in [0.05, 0.1) is 6.61 Å². The normalized spacial score (nSPS) is 11.5. The van der Waals surface area contributed by atoms with Gasteiger partial charge in [0, 0.05) is 23.6 Å². The second-order valence-corrected chi connectivity index (χ2v) is 7.99. The number of anilines is 1. The topological polar surface area (TPSA) is 103 Å². The molecular weight excluding hydrogens is 375 g/mol. The lowest BCUT2D eigenvalue weighted by atomic mass is 10.1. The number of hydrogen-bond acceptors (Lipinski definition) is 6. The Labute approximate surface area is 154 Å². The third-order valence-corrected chi connectivity index (χ3v) is 4.31. The number of amides is 1. The zero-order valence-electron chi connectivity index (χ0n) is 14.6. The highest BCUT2D eigenvalue weighted by Gasteiger charge is 2.14. The van der Waals surface area contributed by atoms with Crippen LogP contribution in [0.5, 0.6) is 5.75 Å². The van der Waals surface area contributed by atoms with E-state index >= 15 is 0 Å². The van der Waals surface area contributed by atoms with E-state index in [0.717, 1.165) is 6.26 Å². The van der Waals surface area contributed by atoms with Gasteiger partial charge in [0.25, 0.3) is 0 Å². The average molecular weight is 392 g/mol. The van der Waals surface area contributed by atoms with Gasteiger partial charge in [0.2, 0.25) is 11.9 Å². The van der Waals surface area contributed by atoms with E-state index in [2.05, 4.69) is 15.4 Å². The van der Waals surface area contributed by atoms with Gasteiger partial charge in [-0.3, -0.25) is 10.1 Å². The molecule has 0 atom stereocenters. The molecule has 0 aliphatic heterocycles. The van der Waals surface area contributed by atoms with E-state index in [1.165, 1.54) is 16.6 Å². The number of carbonyl (C=O) groups excluding carboxylic acids is 1. The van der Waals surface area contributed by atoms with Crippen molar-refractivity contribution in [3.8, 4) is 16.9 Å². The summed E-state index contributed by atoms with van der Waals surface area (Å²) in [7, 11) is -3.45. The summed E-state index contributed by atoms with van der Waals surface area (Å²) in [6.07, 6.45) is 2.58. The Bertz CT molecular complexity index is 1110. The second-order valence-electron chi connectivity index (χ2n) is 5.85. The van der Waals surface area contributed by atoms with E-state index < -0.39 is 27.3 Å². The molecule has 0 unspecified atom stereocenters. The van der Waals surface area contributed by atoms with E-state index in [0.29, 0.717) is 29.1 Å².